The number of hydrogen-bond acceptors (Lipinski definition) is 11. The van der Waals surface area contributed by atoms with Crippen molar-refractivity contribution in [3.8, 4) is 23.2 Å². The van der Waals surface area contributed by atoms with Crippen molar-refractivity contribution in [3.63, 3.8) is 0 Å². The summed E-state index contributed by atoms with van der Waals surface area (Å²) in [4.78, 5) is 15.5. The predicted molar refractivity (Wildman–Crippen MR) is 161 cm³/mol. The van der Waals surface area contributed by atoms with Crippen LogP contribution < -0.4 is 10.6 Å². The molecule has 0 bridgehead atoms. The molecule has 3 N–H and O–H groups in total. The van der Waals surface area contributed by atoms with E-state index in [4.69, 9.17) is 0 Å². The van der Waals surface area contributed by atoms with Crippen molar-refractivity contribution in [3.05, 3.63) is 66.0 Å². The average Bonchev–Trinajstić information content (AvgIpc) is 3.57. The first-order chi connectivity index (χ1) is 20.6. The topological polar surface area (TPSA) is 156 Å². The van der Waals surface area contributed by atoms with Crippen LogP contribution in [-0.4, -0.2) is 96.9 Å². The Balaban J connectivity index is 1.32. The minimum Gasteiger partial charge on any atom is -0.388 e. The summed E-state index contributed by atoms with van der Waals surface area (Å²) in [5.41, 5.74) is 1.88. The van der Waals surface area contributed by atoms with Crippen molar-refractivity contribution in [2.45, 2.75) is 36.0 Å². The fourth-order valence-electron chi connectivity index (χ4n) is 5.39. The van der Waals surface area contributed by atoms with Crippen molar-refractivity contribution >= 4 is 21.7 Å². The number of aromatic nitrogens is 7. The first-order valence-electron chi connectivity index (χ1n) is 14.1. The summed E-state index contributed by atoms with van der Waals surface area (Å²) < 4.78 is 27.8. The zero-order valence-corrected chi connectivity index (χ0v) is 25.1. The number of rotatable bonds is 8. The second-order valence-corrected chi connectivity index (χ2v) is 13.5. The second kappa shape index (κ2) is 11.5. The first-order valence-corrected chi connectivity index (χ1v) is 15.6. The van der Waals surface area contributed by atoms with E-state index in [9.17, 15) is 13.5 Å². The van der Waals surface area contributed by atoms with Gasteiger partial charge in [-0.15, -0.1) is 0 Å². The van der Waals surface area contributed by atoms with Gasteiger partial charge in [0.05, 0.1) is 40.6 Å². The minimum atomic E-state index is -3.49. The molecule has 0 amide bonds. The summed E-state index contributed by atoms with van der Waals surface area (Å²) in [6.07, 6.45) is 11.6. The molecule has 2 atom stereocenters. The van der Waals surface area contributed by atoms with Crippen LogP contribution in [0.1, 0.15) is 41.9 Å². The minimum absolute atomic E-state index is 0.245. The molecule has 1 saturated carbocycles. The molecular formula is C29H34N10O3S. The molecule has 0 spiro atoms. The lowest BCUT2D eigenvalue weighted by Gasteiger charge is -2.42. The van der Waals surface area contributed by atoms with Crippen molar-refractivity contribution in [2.24, 2.45) is 7.05 Å². The molecule has 2 unspecified atom stereocenters. The molecular weight excluding hydrogens is 568 g/mol. The molecule has 224 valence electrons. The lowest BCUT2D eigenvalue weighted by Crippen LogP contribution is -2.54. The third-order valence-corrected chi connectivity index (χ3v) is 9.65. The van der Waals surface area contributed by atoms with Crippen LogP contribution in [0.3, 0.4) is 0 Å². The number of nitrogens with zero attached hydrogens (tertiary/aromatic N) is 8. The van der Waals surface area contributed by atoms with Crippen molar-refractivity contribution < 1.29 is 13.5 Å². The van der Waals surface area contributed by atoms with Gasteiger partial charge < -0.3 is 20.6 Å². The van der Waals surface area contributed by atoms with E-state index in [0.717, 1.165) is 21.8 Å². The number of piperidine rings is 1. The summed E-state index contributed by atoms with van der Waals surface area (Å²) in [7, 11) is 2.26. The van der Waals surface area contributed by atoms with Gasteiger partial charge in [0.25, 0.3) is 10.0 Å². The highest BCUT2D eigenvalue weighted by Crippen LogP contribution is 2.36. The molecule has 0 aromatic carbocycles. The smallest absolute Gasteiger partial charge is 0.256 e. The van der Waals surface area contributed by atoms with Crippen molar-refractivity contribution in [1.29, 1.82) is 0 Å². The molecule has 4 aromatic rings. The highest BCUT2D eigenvalue weighted by molar-refractivity contribution is 7.90. The Morgan fingerprint density at radius 1 is 1.14 bits per heavy atom. The van der Waals surface area contributed by atoms with E-state index >= 15 is 0 Å². The van der Waals surface area contributed by atoms with Crippen LogP contribution in [-0.2, 0) is 17.1 Å². The van der Waals surface area contributed by atoms with Gasteiger partial charge in [-0.25, -0.2) is 23.4 Å². The van der Waals surface area contributed by atoms with Gasteiger partial charge in [0.2, 0.25) is 0 Å². The van der Waals surface area contributed by atoms with Crippen LogP contribution in [0.4, 0.5) is 11.6 Å². The van der Waals surface area contributed by atoms with E-state index in [1.165, 1.54) is 12.4 Å². The third kappa shape index (κ3) is 6.30. The highest BCUT2D eigenvalue weighted by atomic mass is 32.2. The van der Waals surface area contributed by atoms with Gasteiger partial charge in [0, 0.05) is 50.2 Å². The van der Waals surface area contributed by atoms with Gasteiger partial charge in [-0.2, -0.15) is 14.3 Å². The summed E-state index contributed by atoms with van der Waals surface area (Å²) in [5, 5.41) is 26.4. The molecule has 0 radical (unpaired) electrons. The van der Waals surface area contributed by atoms with E-state index in [0.29, 0.717) is 60.9 Å². The lowest BCUT2D eigenvalue weighted by atomic mass is 9.76. The normalized spacial score (nSPS) is 20.5. The fourth-order valence-corrected chi connectivity index (χ4v) is 6.86. The van der Waals surface area contributed by atoms with Crippen molar-refractivity contribution in [1.82, 2.24) is 44.1 Å². The maximum Gasteiger partial charge on any atom is 0.256 e. The largest absolute Gasteiger partial charge is 0.388 e. The molecule has 14 heteroatoms. The SMILES string of the molecule is CN(C)CC1(O)CCNCC1c1cc(Nc2ccnc(-c3cnn(S(=O)(=O)C4CC4)c3)n2)ncc1C#Cc1cnn(C)c1. The molecule has 1 saturated heterocycles. The molecule has 4 aromatic heterocycles. The maximum absolute atomic E-state index is 12.6. The molecule has 5 heterocycles. The number of pyridine rings is 1. The Labute approximate surface area is 250 Å². The lowest BCUT2D eigenvalue weighted by molar-refractivity contribution is -0.0291. The average molecular weight is 603 g/mol. The van der Waals surface area contributed by atoms with Crippen LogP contribution in [0.25, 0.3) is 11.4 Å². The van der Waals surface area contributed by atoms with Crippen molar-refractivity contribution in [2.75, 3.05) is 39.0 Å². The molecule has 6 rings (SSSR count). The number of aryl methyl sites for hydroxylation is 1. The standard InChI is InChI=1S/C29H34N10O3S/c1-37(2)19-29(40)9-11-30-16-25(29)24-12-27(32-14-21(24)5-4-20-13-33-38(3)17-20)35-26-8-10-31-28(36-26)22-15-34-39(18-22)43(41,42)23-6-7-23/h8,10,12-15,17-18,23,25,30,40H,6-7,9,11,16,19H2,1-3H3,(H,31,32,35,36). The number of likely N-dealkylation sites (N-methyl/N-ethyl adjacent to an activating group) is 1. The van der Waals surface area contributed by atoms with E-state index in [1.807, 2.05) is 38.3 Å². The summed E-state index contributed by atoms with van der Waals surface area (Å²) in [5.74, 6) is 7.50. The van der Waals surface area contributed by atoms with E-state index in [1.54, 1.807) is 29.3 Å². The van der Waals surface area contributed by atoms with Gasteiger partial charge >= 0.3 is 0 Å². The van der Waals surface area contributed by atoms with E-state index in [2.05, 4.69) is 47.6 Å². The second-order valence-electron chi connectivity index (χ2n) is 11.4. The quantitative estimate of drug-likeness (QED) is 0.250. The van der Waals surface area contributed by atoms with Crippen LogP contribution in [0.5, 0.6) is 0 Å². The number of anilines is 2. The Morgan fingerprint density at radius 2 is 1.98 bits per heavy atom. The van der Waals surface area contributed by atoms with Crippen LogP contribution >= 0.6 is 0 Å². The van der Waals surface area contributed by atoms with Gasteiger partial charge in [-0.3, -0.25) is 4.68 Å². The zero-order valence-electron chi connectivity index (χ0n) is 24.3. The maximum atomic E-state index is 12.6. The third-order valence-electron chi connectivity index (χ3n) is 7.62. The first kappa shape index (κ1) is 28.9. The summed E-state index contributed by atoms with van der Waals surface area (Å²) >= 11 is 0. The molecule has 1 aliphatic carbocycles. The van der Waals surface area contributed by atoms with Crippen LogP contribution in [0.15, 0.2) is 49.3 Å². The monoisotopic (exact) mass is 602 g/mol. The molecule has 2 aliphatic rings. The molecule has 43 heavy (non-hydrogen) atoms. The molecule has 13 nitrogen and oxygen atoms in total. The number of nitrogens with one attached hydrogen (secondary N) is 2. The van der Waals surface area contributed by atoms with E-state index < -0.39 is 15.6 Å². The Morgan fingerprint density at radius 3 is 2.72 bits per heavy atom. The number of hydrogen-bond donors (Lipinski definition) is 3. The van der Waals surface area contributed by atoms with Gasteiger partial charge in [0.15, 0.2) is 5.82 Å². The zero-order chi connectivity index (χ0) is 30.2. The highest BCUT2D eigenvalue weighted by Gasteiger charge is 2.41. The summed E-state index contributed by atoms with van der Waals surface area (Å²) in [6, 6.07) is 3.62. The predicted octanol–water partition coefficient (Wildman–Crippen LogP) is 1.32. The fraction of sp³-hybridized carbons (Fsp3) is 0.414. The van der Waals surface area contributed by atoms with Gasteiger partial charge in [-0.05, 0) is 57.6 Å². The summed E-state index contributed by atoms with van der Waals surface area (Å²) in [6.45, 7) is 1.80. The van der Waals surface area contributed by atoms with Crippen LogP contribution in [0.2, 0.25) is 0 Å². The molecule has 2 fully saturated rings. The van der Waals surface area contributed by atoms with Gasteiger partial charge in [0.1, 0.15) is 11.6 Å². The Kier molecular flexibility index (Phi) is 7.74. The Bertz CT molecular complexity index is 1800. The van der Waals surface area contributed by atoms with E-state index in [-0.39, 0.29) is 11.2 Å². The van der Waals surface area contributed by atoms with Crippen LogP contribution in [0, 0.1) is 11.8 Å². The molecule has 1 aliphatic heterocycles. The Hall–Kier alpha value is -4.16. The van der Waals surface area contributed by atoms with Gasteiger partial charge in [-0.1, -0.05) is 11.8 Å². The number of aliphatic hydroxyl groups is 1.